The third-order valence-electron chi connectivity index (χ3n) is 8.14. The summed E-state index contributed by atoms with van der Waals surface area (Å²) in [5.41, 5.74) is 9.83. The summed E-state index contributed by atoms with van der Waals surface area (Å²) < 4.78 is 23.4. The molecular weight excluding hydrogens is 604 g/mol. The van der Waals surface area contributed by atoms with Gasteiger partial charge < -0.3 is 18.9 Å². The van der Waals surface area contributed by atoms with E-state index in [0.717, 1.165) is 92.3 Å². The molecule has 4 nitrogen and oxygen atoms in total. The van der Waals surface area contributed by atoms with Gasteiger partial charge >= 0.3 is 0 Å². The van der Waals surface area contributed by atoms with Gasteiger partial charge in [0, 0.05) is 0 Å². The Bertz CT molecular complexity index is 1540. The third-order valence-corrected chi connectivity index (χ3v) is 8.14. The van der Waals surface area contributed by atoms with E-state index in [1.54, 1.807) is 12.2 Å². The molecule has 0 heterocycles. The van der Waals surface area contributed by atoms with Gasteiger partial charge in [0.25, 0.3) is 0 Å². The van der Waals surface area contributed by atoms with Crippen molar-refractivity contribution in [1.29, 1.82) is 0 Å². The van der Waals surface area contributed by atoms with Crippen LogP contribution in [0.15, 0.2) is 98.1 Å². The predicted octanol–water partition coefficient (Wildman–Crippen LogP) is 12.1. The number of aryl methyl sites for hydroxylation is 4. The van der Waals surface area contributed by atoms with Crippen molar-refractivity contribution in [1.82, 2.24) is 0 Å². The lowest BCUT2D eigenvalue weighted by molar-refractivity contribution is 0.309. The first-order chi connectivity index (χ1) is 23.9. The largest absolute Gasteiger partial charge is 0.494 e. The Morgan fingerprint density at radius 3 is 1.02 bits per heavy atom. The zero-order valence-corrected chi connectivity index (χ0v) is 30.9. The molecule has 262 valence electrons. The van der Waals surface area contributed by atoms with Gasteiger partial charge in [-0.2, -0.15) is 0 Å². The minimum Gasteiger partial charge on any atom is -0.494 e. The smallest absolute Gasteiger partial charge is 0.120 e. The molecule has 0 spiro atoms. The number of rotatable bonds is 19. The van der Waals surface area contributed by atoms with Gasteiger partial charge in [0.2, 0.25) is 0 Å². The van der Waals surface area contributed by atoms with Gasteiger partial charge in [-0.25, -0.2) is 0 Å². The number of unbranched alkanes of at least 4 members (excludes halogenated alkanes) is 1. The summed E-state index contributed by atoms with van der Waals surface area (Å²) in [4.78, 5) is 0. The lowest BCUT2D eigenvalue weighted by Gasteiger charge is -2.13. The molecule has 0 atom stereocenters. The topological polar surface area (TPSA) is 36.9 Å². The van der Waals surface area contributed by atoms with Crippen molar-refractivity contribution in [2.45, 2.75) is 86.5 Å². The monoisotopic (exact) mass is 662 g/mol. The quantitative estimate of drug-likeness (QED) is 0.0739. The molecule has 4 aromatic rings. The predicted molar refractivity (Wildman–Crippen MR) is 209 cm³/mol. The summed E-state index contributed by atoms with van der Waals surface area (Å²) in [7, 11) is 0. The van der Waals surface area contributed by atoms with Gasteiger partial charge in [0.05, 0.1) is 13.2 Å². The van der Waals surface area contributed by atoms with Crippen LogP contribution in [0.3, 0.4) is 0 Å². The highest BCUT2D eigenvalue weighted by Gasteiger charge is 2.09. The maximum absolute atomic E-state index is 5.97. The molecule has 0 saturated heterocycles. The van der Waals surface area contributed by atoms with E-state index in [1.807, 2.05) is 0 Å². The first-order valence-corrected chi connectivity index (χ1v) is 18.2. The van der Waals surface area contributed by atoms with Crippen LogP contribution in [-0.4, -0.2) is 26.4 Å². The molecule has 4 heteroatoms. The van der Waals surface area contributed by atoms with Crippen molar-refractivity contribution in [3.63, 3.8) is 0 Å². The van der Waals surface area contributed by atoms with Crippen LogP contribution in [0, 0.1) is 0 Å². The summed E-state index contributed by atoms with van der Waals surface area (Å²) in [6.07, 6.45) is 10.7. The second kappa shape index (κ2) is 21.5. The average Bonchev–Trinajstić information content (AvgIpc) is 3.15. The molecule has 0 aliphatic rings. The molecule has 0 saturated carbocycles. The zero-order valence-electron chi connectivity index (χ0n) is 30.9. The molecule has 4 rings (SSSR count). The highest BCUT2D eigenvalue weighted by atomic mass is 16.5. The van der Waals surface area contributed by atoms with Gasteiger partial charge in [-0.1, -0.05) is 97.5 Å². The van der Waals surface area contributed by atoms with Crippen LogP contribution >= 0.6 is 0 Å². The van der Waals surface area contributed by atoms with Crippen LogP contribution in [-0.2, 0) is 25.7 Å². The molecular formula is C45H58O4. The van der Waals surface area contributed by atoms with Crippen LogP contribution in [0.4, 0.5) is 0 Å². The normalized spacial score (nSPS) is 10.5. The molecule has 0 amide bonds. The fourth-order valence-electron chi connectivity index (χ4n) is 5.32. The highest BCUT2D eigenvalue weighted by Crippen LogP contribution is 2.32. The third kappa shape index (κ3) is 12.8. The standard InChI is InChI=1S/C23H32O2.C22H26O2/c1-5-9-11-25-23-15-19(8-4)13-21(17-23)20-12-18(7-3)14-22(16-20)24-10-6-2;1-5-9-23-21-13-17(7-3)11-19(15-21)20-12-18(8-4)14-22(16-20)24-10-6-2/h12-17H,5-11H2,1-4H3;5-6,11-16H,1-2,7-10H2,3-4H3. The van der Waals surface area contributed by atoms with Crippen LogP contribution in [0.5, 0.6) is 23.0 Å². The Labute approximate surface area is 296 Å². The molecule has 0 N–H and O–H groups in total. The van der Waals surface area contributed by atoms with E-state index in [4.69, 9.17) is 18.9 Å². The van der Waals surface area contributed by atoms with Gasteiger partial charge in [0.15, 0.2) is 0 Å². The minimum absolute atomic E-state index is 0.509. The van der Waals surface area contributed by atoms with Crippen LogP contribution in [0.2, 0.25) is 0 Å². The van der Waals surface area contributed by atoms with E-state index in [-0.39, 0.29) is 0 Å². The molecule has 0 aliphatic heterocycles. The van der Waals surface area contributed by atoms with E-state index < -0.39 is 0 Å². The molecule has 0 fully saturated rings. The summed E-state index contributed by atoms with van der Waals surface area (Å²) in [5, 5.41) is 0. The Balaban J connectivity index is 0.000000266. The Hall–Kier alpha value is -4.44. The van der Waals surface area contributed by atoms with E-state index in [1.165, 1.54) is 33.4 Å². The number of hydrogen-bond donors (Lipinski definition) is 0. The van der Waals surface area contributed by atoms with Crippen LogP contribution in [0.1, 0.15) is 83.1 Å². The van der Waals surface area contributed by atoms with Crippen molar-refractivity contribution in [2.24, 2.45) is 0 Å². The maximum atomic E-state index is 5.97. The van der Waals surface area contributed by atoms with E-state index >= 15 is 0 Å². The van der Waals surface area contributed by atoms with Crippen molar-refractivity contribution in [2.75, 3.05) is 26.4 Å². The van der Waals surface area contributed by atoms with Gasteiger partial charge in [-0.3, -0.25) is 0 Å². The summed E-state index contributed by atoms with van der Waals surface area (Å²) in [5.74, 6) is 3.69. The molecule has 0 radical (unpaired) electrons. The Kier molecular flexibility index (Phi) is 17.1. The fraction of sp³-hybridized carbons (Fsp3) is 0.378. The summed E-state index contributed by atoms with van der Waals surface area (Å²) in [6, 6.07) is 25.9. The summed E-state index contributed by atoms with van der Waals surface area (Å²) >= 11 is 0. The molecule has 0 bridgehead atoms. The number of ether oxygens (including phenoxy) is 4. The van der Waals surface area contributed by atoms with Crippen molar-refractivity contribution in [3.8, 4) is 45.3 Å². The second-order valence-corrected chi connectivity index (χ2v) is 12.1. The minimum atomic E-state index is 0.509. The Morgan fingerprint density at radius 1 is 0.408 bits per heavy atom. The first kappa shape index (κ1) is 39.0. The lowest BCUT2D eigenvalue weighted by atomic mass is 9.98. The Morgan fingerprint density at radius 2 is 0.735 bits per heavy atom. The van der Waals surface area contributed by atoms with Crippen LogP contribution in [0.25, 0.3) is 22.3 Å². The SMILES string of the molecule is C=CCOc1cc(CC)cc(-c2cc(CC)cc(OCC=C)c2)c1.CCCCOc1cc(CC)cc(-c2cc(CC)cc(OCCC)c2)c1. The summed E-state index contributed by atoms with van der Waals surface area (Å²) in [6.45, 7) is 23.0. The van der Waals surface area contributed by atoms with Gasteiger partial charge in [0.1, 0.15) is 36.2 Å². The molecule has 0 aromatic heterocycles. The van der Waals surface area contributed by atoms with E-state index in [9.17, 15) is 0 Å². The van der Waals surface area contributed by atoms with Crippen molar-refractivity contribution >= 4 is 0 Å². The molecule has 0 aliphatic carbocycles. The van der Waals surface area contributed by atoms with Crippen LogP contribution < -0.4 is 18.9 Å². The first-order valence-electron chi connectivity index (χ1n) is 18.2. The second-order valence-electron chi connectivity index (χ2n) is 12.1. The van der Waals surface area contributed by atoms with Crippen molar-refractivity contribution in [3.05, 3.63) is 120 Å². The fourth-order valence-corrected chi connectivity index (χ4v) is 5.32. The zero-order chi connectivity index (χ0) is 35.4. The van der Waals surface area contributed by atoms with Gasteiger partial charge in [-0.15, -0.1) is 0 Å². The average molecular weight is 663 g/mol. The van der Waals surface area contributed by atoms with E-state index in [2.05, 4.69) is 127 Å². The molecule has 49 heavy (non-hydrogen) atoms. The van der Waals surface area contributed by atoms with Crippen molar-refractivity contribution < 1.29 is 18.9 Å². The van der Waals surface area contributed by atoms with Gasteiger partial charge in [-0.05, 0) is 132 Å². The van der Waals surface area contributed by atoms with E-state index in [0.29, 0.717) is 13.2 Å². The lowest BCUT2D eigenvalue weighted by Crippen LogP contribution is -1.99. The highest BCUT2D eigenvalue weighted by molar-refractivity contribution is 5.70. The number of hydrogen-bond acceptors (Lipinski definition) is 4. The molecule has 4 aromatic carbocycles. The maximum Gasteiger partial charge on any atom is 0.120 e. The number of benzene rings is 4. The molecule has 0 unspecified atom stereocenters.